The van der Waals surface area contributed by atoms with Gasteiger partial charge in [-0.1, -0.05) is 12.8 Å². The number of hydrogen-bond donors (Lipinski definition) is 3. The van der Waals surface area contributed by atoms with Crippen molar-refractivity contribution in [1.29, 1.82) is 0 Å². The summed E-state index contributed by atoms with van der Waals surface area (Å²) in [7, 11) is 0. The summed E-state index contributed by atoms with van der Waals surface area (Å²) in [5, 5.41) is 12.8. The fourth-order valence-electron chi connectivity index (χ4n) is 1.92. The SMILES string of the molecule is CC(C)(N)C(C)(C)C(=O)N[C@H]1CCCC[C@@H]1O. The summed E-state index contributed by atoms with van der Waals surface area (Å²) < 4.78 is 0. The fraction of sp³-hybridized carbons (Fsp3) is 0.923. The first-order valence-electron chi connectivity index (χ1n) is 6.44. The predicted octanol–water partition coefficient (Wildman–Crippen LogP) is 1.17. The summed E-state index contributed by atoms with van der Waals surface area (Å²) in [6, 6.07) is -0.113. The number of amides is 1. The van der Waals surface area contributed by atoms with Crippen LogP contribution in [0.4, 0.5) is 0 Å². The van der Waals surface area contributed by atoms with Gasteiger partial charge in [0.25, 0.3) is 0 Å². The quantitative estimate of drug-likeness (QED) is 0.695. The van der Waals surface area contributed by atoms with Crippen LogP contribution in [-0.4, -0.2) is 28.7 Å². The molecule has 1 aliphatic rings. The second-order valence-corrected chi connectivity index (χ2v) is 6.28. The van der Waals surface area contributed by atoms with Crippen LogP contribution < -0.4 is 11.1 Å². The van der Waals surface area contributed by atoms with E-state index in [1.165, 1.54) is 0 Å². The summed E-state index contributed by atoms with van der Waals surface area (Å²) in [6.45, 7) is 7.39. The lowest BCUT2D eigenvalue weighted by Crippen LogP contribution is -2.58. The Bertz CT molecular complexity index is 282. The molecule has 0 aliphatic heterocycles. The largest absolute Gasteiger partial charge is 0.391 e. The van der Waals surface area contributed by atoms with Gasteiger partial charge in [0.15, 0.2) is 0 Å². The van der Waals surface area contributed by atoms with Crippen LogP contribution in [0.1, 0.15) is 53.4 Å². The molecule has 1 saturated carbocycles. The maximum Gasteiger partial charge on any atom is 0.227 e. The van der Waals surface area contributed by atoms with Crippen molar-refractivity contribution >= 4 is 5.91 Å². The molecule has 1 amide bonds. The number of rotatable bonds is 3. The van der Waals surface area contributed by atoms with Gasteiger partial charge >= 0.3 is 0 Å². The van der Waals surface area contributed by atoms with Gasteiger partial charge in [0.05, 0.1) is 17.6 Å². The van der Waals surface area contributed by atoms with Gasteiger partial charge in [-0.25, -0.2) is 0 Å². The van der Waals surface area contributed by atoms with Crippen molar-refractivity contribution in [2.24, 2.45) is 11.1 Å². The number of hydrogen-bond acceptors (Lipinski definition) is 3. The second kappa shape index (κ2) is 4.94. The second-order valence-electron chi connectivity index (χ2n) is 6.28. The molecule has 0 aromatic carbocycles. The average Bonchev–Trinajstić information content (AvgIpc) is 2.19. The average molecular weight is 242 g/mol. The molecule has 0 aromatic heterocycles. The number of aliphatic hydroxyl groups excluding tert-OH is 1. The molecule has 4 heteroatoms. The molecule has 4 N–H and O–H groups in total. The van der Waals surface area contributed by atoms with E-state index in [0.29, 0.717) is 0 Å². The van der Waals surface area contributed by atoms with E-state index in [2.05, 4.69) is 5.32 Å². The minimum Gasteiger partial charge on any atom is -0.391 e. The van der Waals surface area contributed by atoms with Crippen molar-refractivity contribution in [3.8, 4) is 0 Å². The highest BCUT2D eigenvalue weighted by Crippen LogP contribution is 2.29. The molecule has 0 saturated heterocycles. The Balaban J connectivity index is 2.65. The van der Waals surface area contributed by atoms with Crippen molar-refractivity contribution in [1.82, 2.24) is 5.32 Å². The summed E-state index contributed by atoms with van der Waals surface area (Å²) >= 11 is 0. The predicted molar refractivity (Wildman–Crippen MR) is 68.5 cm³/mol. The number of carbonyl (C=O) groups excluding carboxylic acids is 1. The molecule has 0 heterocycles. The first kappa shape index (κ1) is 14.5. The van der Waals surface area contributed by atoms with Crippen molar-refractivity contribution in [2.75, 3.05) is 0 Å². The van der Waals surface area contributed by atoms with E-state index >= 15 is 0 Å². The lowest BCUT2D eigenvalue weighted by Gasteiger charge is -2.39. The Morgan fingerprint density at radius 3 is 2.24 bits per heavy atom. The number of aliphatic hydroxyl groups is 1. The minimum absolute atomic E-state index is 0.0732. The van der Waals surface area contributed by atoms with E-state index in [-0.39, 0.29) is 11.9 Å². The monoisotopic (exact) mass is 242 g/mol. The minimum atomic E-state index is -0.649. The number of nitrogens with one attached hydrogen (secondary N) is 1. The Hall–Kier alpha value is -0.610. The summed E-state index contributed by atoms with van der Waals surface area (Å²) in [5.74, 6) is -0.0732. The van der Waals surface area contributed by atoms with Gasteiger partial charge in [0.1, 0.15) is 0 Å². The first-order valence-corrected chi connectivity index (χ1v) is 6.44. The van der Waals surface area contributed by atoms with E-state index in [4.69, 9.17) is 5.73 Å². The molecule has 0 unspecified atom stereocenters. The highest BCUT2D eigenvalue weighted by molar-refractivity contribution is 5.83. The lowest BCUT2D eigenvalue weighted by atomic mass is 9.74. The van der Waals surface area contributed by atoms with Crippen LogP contribution in [0.2, 0.25) is 0 Å². The smallest absolute Gasteiger partial charge is 0.227 e. The molecule has 0 bridgehead atoms. The Labute approximate surface area is 104 Å². The lowest BCUT2D eigenvalue weighted by molar-refractivity contribution is -0.134. The fourth-order valence-corrected chi connectivity index (χ4v) is 1.92. The van der Waals surface area contributed by atoms with E-state index < -0.39 is 17.1 Å². The third kappa shape index (κ3) is 3.19. The zero-order chi connectivity index (χ0) is 13.3. The van der Waals surface area contributed by atoms with Crippen LogP contribution in [-0.2, 0) is 4.79 Å². The van der Waals surface area contributed by atoms with Gasteiger partial charge in [-0.15, -0.1) is 0 Å². The van der Waals surface area contributed by atoms with Gasteiger partial charge in [-0.05, 0) is 40.5 Å². The molecule has 1 aliphatic carbocycles. The van der Waals surface area contributed by atoms with Crippen LogP contribution in [0.15, 0.2) is 0 Å². The molecule has 1 fully saturated rings. The molecule has 1 rings (SSSR count). The normalized spacial score (nSPS) is 26.7. The van der Waals surface area contributed by atoms with Gasteiger partial charge in [0, 0.05) is 5.54 Å². The van der Waals surface area contributed by atoms with Gasteiger partial charge < -0.3 is 16.2 Å². The van der Waals surface area contributed by atoms with Crippen molar-refractivity contribution in [3.05, 3.63) is 0 Å². The Morgan fingerprint density at radius 2 is 1.76 bits per heavy atom. The van der Waals surface area contributed by atoms with E-state index in [0.717, 1.165) is 25.7 Å². The molecule has 4 nitrogen and oxygen atoms in total. The third-order valence-electron chi connectivity index (χ3n) is 4.22. The zero-order valence-corrected chi connectivity index (χ0v) is 11.4. The molecule has 17 heavy (non-hydrogen) atoms. The van der Waals surface area contributed by atoms with Crippen molar-refractivity contribution in [2.45, 2.75) is 71.1 Å². The van der Waals surface area contributed by atoms with Crippen LogP contribution >= 0.6 is 0 Å². The van der Waals surface area contributed by atoms with Crippen LogP contribution in [0.3, 0.4) is 0 Å². The molecule has 0 aromatic rings. The van der Waals surface area contributed by atoms with Crippen molar-refractivity contribution < 1.29 is 9.90 Å². The van der Waals surface area contributed by atoms with Crippen molar-refractivity contribution in [3.63, 3.8) is 0 Å². The van der Waals surface area contributed by atoms with Gasteiger partial charge in [-0.2, -0.15) is 0 Å². The highest BCUT2D eigenvalue weighted by atomic mass is 16.3. The van der Waals surface area contributed by atoms with E-state index in [1.54, 1.807) is 0 Å². The molecular weight excluding hydrogens is 216 g/mol. The van der Waals surface area contributed by atoms with E-state index in [9.17, 15) is 9.90 Å². The number of nitrogens with two attached hydrogens (primary N) is 1. The first-order chi connectivity index (χ1) is 7.66. The molecule has 0 spiro atoms. The standard InChI is InChI=1S/C13H26N2O2/c1-12(2,13(3,4)14)11(17)15-9-7-5-6-8-10(9)16/h9-10,16H,5-8,14H2,1-4H3,(H,15,17)/t9-,10-/m0/s1. The number of carbonyl (C=O) groups is 1. The highest BCUT2D eigenvalue weighted by Gasteiger charge is 2.41. The Kier molecular flexibility index (Phi) is 4.20. The third-order valence-corrected chi connectivity index (χ3v) is 4.22. The topological polar surface area (TPSA) is 75.4 Å². The maximum absolute atomic E-state index is 12.2. The molecule has 2 atom stereocenters. The summed E-state index contributed by atoms with van der Waals surface area (Å²) in [5.41, 5.74) is 4.80. The van der Waals surface area contributed by atoms with Crippen LogP contribution in [0.5, 0.6) is 0 Å². The molecule has 0 radical (unpaired) electrons. The summed E-state index contributed by atoms with van der Waals surface area (Å²) in [4.78, 5) is 12.2. The maximum atomic E-state index is 12.2. The molecule has 100 valence electrons. The van der Waals surface area contributed by atoms with Crippen LogP contribution in [0.25, 0.3) is 0 Å². The molecular formula is C13H26N2O2. The van der Waals surface area contributed by atoms with Gasteiger partial charge in [-0.3, -0.25) is 4.79 Å². The van der Waals surface area contributed by atoms with Gasteiger partial charge in [0.2, 0.25) is 5.91 Å². The van der Waals surface area contributed by atoms with Crippen LogP contribution in [0, 0.1) is 5.41 Å². The Morgan fingerprint density at radius 1 is 1.24 bits per heavy atom. The summed E-state index contributed by atoms with van der Waals surface area (Å²) in [6.07, 6.45) is 3.32. The van der Waals surface area contributed by atoms with E-state index in [1.807, 2.05) is 27.7 Å². The zero-order valence-electron chi connectivity index (χ0n) is 11.4.